The van der Waals surface area contributed by atoms with Gasteiger partial charge in [-0.05, 0) is 48.7 Å². The van der Waals surface area contributed by atoms with Gasteiger partial charge in [-0.2, -0.15) is 10.4 Å². The number of nitrogens with zero attached hydrogens (tertiary/aromatic N) is 4. The molecule has 1 heterocycles. The lowest BCUT2D eigenvalue weighted by molar-refractivity contribution is 0.810. The van der Waals surface area contributed by atoms with Crippen molar-refractivity contribution in [2.75, 3.05) is 5.73 Å². The van der Waals surface area contributed by atoms with Gasteiger partial charge in [0.25, 0.3) is 0 Å². The number of rotatable bonds is 4. The monoisotopic (exact) mass is 303 g/mol. The maximum Gasteiger partial charge on any atom is 0.151 e. The van der Waals surface area contributed by atoms with Gasteiger partial charge in [0, 0.05) is 12.1 Å². The van der Waals surface area contributed by atoms with E-state index in [4.69, 9.17) is 5.73 Å². The molecule has 0 fully saturated rings. The van der Waals surface area contributed by atoms with Gasteiger partial charge in [-0.15, -0.1) is 0 Å². The van der Waals surface area contributed by atoms with Gasteiger partial charge in [-0.3, -0.25) is 0 Å². The maximum absolute atomic E-state index is 9.26. The van der Waals surface area contributed by atoms with Gasteiger partial charge >= 0.3 is 0 Å². The number of hydrogen-bond acceptors (Lipinski definition) is 4. The number of aromatic nitrogens is 3. The molecular formula is C18H17N5. The molecule has 0 aliphatic heterocycles. The molecule has 0 saturated carbocycles. The fourth-order valence-corrected chi connectivity index (χ4v) is 2.41. The van der Waals surface area contributed by atoms with Crippen LogP contribution in [0.25, 0.3) is 5.69 Å². The van der Waals surface area contributed by atoms with Crippen molar-refractivity contribution in [2.24, 2.45) is 0 Å². The number of nitrogen functional groups attached to an aromatic ring is 1. The van der Waals surface area contributed by atoms with Gasteiger partial charge in [0.05, 0.1) is 11.3 Å². The van der Waals surface area contributed by atoms with Crippen molar-refractivity contribution in [1.82, 2.24) is 14.8 Å². The Labute approximate surface area is 135 Å². The van der Waals surface area contributed by atoms with Crippen LogP contribution in [0.4, 0.5) is 5.69 Å². The summed E-state index contributed by atoms with van der Waals surface area (Å²) in [5.74, 6) is 0.756. The van der Waals surface area contributed by atoms with Crippen LogP contribution in [0.15, 0.2) is 48.8 Å². The smallest absolute Gasteiger partial charge is 0.151 e. The van der Waals surface area contributed by atoms with Crippen LogP contribution in [-0.4, -0.2) is 14.8 Å². The lowest BCUT2D eigenvalue weighted by Crippen LogP contribution is -2.00. The summed E-state index contributed by atoms with van der Waals surface area (Å²) in [6.07, 6.45) is 3.25. The molecule has 2 aromatic carbocycles. The molecule has 3 aromatic rings. The van der Waals surface area contributed by atoms with E-state index in [-0.39, 0.29) is 0 Å². The average molecular weight is 303 g/mol. The summed E-state index contributed by atoms with van der Waals surface area (Å²) in [6.45, 7) is 1.96. The summed E-state index contributed by atoms with van der Waals surface area (Å²) in [6, 6.07) is 15.7. The first-order chi connectivity index (χ1) is 11.2. The number of benzene rings is 2. The molecule has 0 spiro atoms. The molecule has 23 heavy (non-hydrogen) atoms. The van der Waals surface area contributed by atoms with Crippen molar-refractivity contribution in [3.8, 4) is 11.8 Å². The molecule has 1 aromatic heterocycles. The van der Waals surface area contributed by atoms with E-state index in [1.807, 2.05) is 49.4 Å². The number of aryl methyl sites for hydroxylation is 3. The Bertz CT molecular complexity index is 856. The number of nitriles is 1. The summed E-state index contributed by atoms with van der Waals surface area (Å²) in [4.78, 5) is 4.34. The molecule has 114 valence electrons. The summed E-state index contributed by atoms with van der Waals surface area (Å²) in [5.41, 5.74) is 10.0. The van der Waals surface area contributed by atoms with E-state index in [2.05, 4.69) is 16.2 Å². The molecule has 2 N–H and O–H groups in total. The predicted molar refractivity (Wildman–Crippen MR) is 89.1 cm³/mol. The van der Waals surface area contributed by atoms with E-state index in [9.17, 15) is 5.26 Å². The second-order valence-corrected chi connectivity index (χ2v) is 5.48. The molecule has 0 bridgehead atoms. The van der Waals surface area contributed by atoms with Crippen molar-refractivity contribution in [3.63, 3.8) is 0 Å². The summed E-state index contributed by atoms with van der Waals surface area (Å²) in [5, 5.41) is 13.7. The Morgan fingerprint density at radius 3 is 2.65 bits per heavy atom. The maximum atomic E-state index is 9.26. The largest absolute Gasteiger partial charge is 0.399 e. The third-order valence-electron chi connectivity index (χ3n) is 3.68. The Balaban J connectivity index is 1.76. The molecule has 5 heteroatoms. The minimum absolute atomic E-state index is 0.597. The van der Waals surface area contributed by atoms with E-state index in [1.54, 1.807) is 11.0 Å². The number of nitrogens with two attached hydrogens (primary N) is 1. The van der Waals surface area contributed by atoms with Crippen LogP contribution >= 0.6 is 0 Å². The Kier molecular flexibility index (Phi) is 4.07. The third kappa shape index (κ3) is 3.38. The second-order valence-electron chi connectivity index (χ2n) is 5.48. The van der Waals surface area contributed by atoms with Crippen LogP contribution in [-0.2, 0) is 12.8 Å². The van der Waals surface area contributed by atoms with E-state index in [0.29, 0.717) is 5.56 Å². The van der Waals surface area contributed by atoms with E-state index in [0.717, 1.165) is 35.6 Å². The van der Waals surface area contributed by atoms with Gasteiger partial charge in [0.1, 0.15) is 12.4 Å². The Morgan fingerprint density at radius 1 is 1.13 bits per heavy atom. The zero-order valence-corrected chi connectivity index (χ0v) is 12.9. The first kappa shape index (κ1) is 14.8. The van der Waals surface area contributed by atoms with E-state index >= 15 is 0 Å². The van der Waals surface area contributed by atoms with Crippen molar-refractivity contribution < 1.29 is 0 Å². The van der Waals surface area contributed by atoms with Crippen molar-refractivity contribution in [2.45, 2.75) is 19.8 Å². The molecule has 0 amide bonds. The fourth-order valence-electron chi connectivity index (χ4n) is 2.41. The molecule has 5 nitrogen and oxygen atoms in total. The van der Waals surface area contributed by atoms with Crippen LogP contribution in [0.1, 0.15) is 22.5 Å². The summed E-state index contributed by atoms with van der Waals surface area (Å²) >= 11 is 0. The molecule has 0 aliphatic carbocycles. The lowest BCUT2D eigenvalue weighted by atomic mass is 10.1. The molecular weight excluding hydrogens is 286 g/mol. The van der Waals surface area contributed by atoms with Crippen molar-refractivity contribution in [3.05, 3.63) is 71.3 Å². The highest BCUT2D eigenvalue weighted by Gasteiger charge is 2.08. The molecule has 0 atom stereocenters. The third-order valence-corrected chi connectivity index (χ3v) is 3.68. The van der Waals surface area contributed by atoms with E-state index in [1.165, 1.54) is 5.56 Å². The minimum Gasteiger partial charge on any atom is -0.399 e. The second kappa shape index (κ2) is 6.32. The highest BCUT2D eigenvalue weighted by molar-refractivity contribution is 5.49. The van der Waals surface area contributed by atoms with Crippen LogP contribution in [0.5, 0.6) is 0 Å². The quantitative estimate of drug-likeness (QED) is 0.751. The highest BCUT2D eigenvalue weighted by Crippen LogP contribution is 2.15. The first-order valence-electron chi connectivity index (χ1n) is 7.42. The zero-order valence-electron chi connectivity index (χ0n) is 12.9. The summed E-state index contributed by atoms with van der Waals surface area (Å²) < 4.78 is 1.66. The highest BCUT2D eigenvalue weighted by atomic mass is 15.3. The van der Waals surface area contributed by atoms with Gasteiger partial charge in [0.2, 0.25) is 0 Å². The Hall–Kier alpha value is -3.13. The lowest BCUT2D eigenvalue weighted by Gasteiger charge is -2.04. The molecule has 0 aliphatic rings. The molecule has 3 rings (SSSR count). The van der Waals surface area contributed by atoms with Gasteiger partial charge in [0.15, 0.2) is 5.82 Å². The first-order valence-corrected chi connectivity index (χ1v) is 7.42. The summed E-state index contributed by atoms with van der Waals surface area (Å²) in [7, 11) is 0. The number of hydrogen-bond donors (Lipinski definition) is 1. The topological polar surface area (TPSA) is 80.5 Å². The molecule has 0 radical (unpaired) electrons. The van der Waals surface area contributed by atoms with Crippen LogP contribution < -0.4 is 5.73 Å². The minimum atomic E-state index is 0.597. The van der Waals surface area contributed by atoms with Gasteiger partial charge in [-0.1, -0.05) is 18.2 Å². The molecule has 0 unspecified atom stereocenters. The normalized spacial score (nSPS) is 10.4. The number of anilines is 1. The molecule has 0 saturated heterocycles. The SMILES string of the molecule is Cc1ccc(-n2cnc(CCc3ccc(N)cc3)n2)c(C#N)c1. The predicted octanol–water partition coefficient (Wildman–Crippen LogP) is 2.81. The van der Waals surface area contributed by atoms with Crippen LogP contribution in [0.2, 0.25) is 0 Å². The van der Waals surface area contributed by atoms with Crippen molar-refractivity contribution >= 4 is 5.69 Å². The van der Waals surface area contributed by atoms with Crippen molar-refractivity contribution in [1.29, 1.82) is 5.26 Å². The average Bonchev–Trinajstić information content (AvgIpc) is 3.03. The van der Waals surface area contributed by atoms with Gasteiger partial charge < -0.3 is 5.73 Å². The standard InChI is InChI=1S/C18H17N5/c1-13-2-8-17(15(10-13)11-19)23-12-21-18(22-23)9-5-14-3-6-16(20)7-4-14/h2-4,6-8,10,12H,5,9,20H2,1H3. The van der Waals surface area contributed by atoms with E-state index < -0.39 is 0 Å². The van der Waals surface area contributed by atoms with Gasteiger partial charge in [-0.25, -0.2) is 9.67 Å². The Morgan fingerprint density at radius 2 is 1.91 bits per heavy atom. The van der Waals surface area contributed by atoms with Crippen LogP contribution in [0, 0.1) is 18.3 Å². The zero-order chi connectivity index (χ0) is 16.2. The van der Waals surface area contributed by atoms with Crippen LogP contribution in [0.3, 0.4) is 0 Å². The fraction of sp³-hybridized carbons (Fsp3) is 0.167.